The molecule has 2 heterocycles. The first-order chi connectivity index (χ1) is 14.3. The smallest absolute Gasteiger partial charge is 0.332 e. The molecule has 0 amide bonds. The largest absolute Gasteiger partial charge is 0.480 e. The molecule has 0 radical (unpaired) electrons. The molecule has 0 fully saturated rings. The number of carboxylic acid groups (broad SMARTS) is 1. The fraction of sp³-hybridized carbons (Fsp3) is 0.300. The Labute approximate surface area is 183 Å². The van der Waals surface area contributed by atoms with Gasteiger partial charge in [0.25, 0.3) is 5.56 Å². The summed E-state index contributed by atoms with van der Waals surface area (Å²) in [4.78, 5) is 49.5. The SMILES string of the molecule is CCOC(=O)Cc1csc2c1c(=O)n(CC(=O)O)c(=O)n2CCc1ccccc1Br. The number of nitrogens with zero attached hydrogens (tertiary/aromatic N) is 2. The lowest BCUT2D eigenvalue weighted by Gasteiger charge is -2.12. The number of aliphatic carboxylic acids is 1. The van der Waals surface area contributed by atoms with Crippen LogP contribution < -0.4 is 11.2 Å². The summed E-state index contributed by atoms with van der Waals surface area (Å²) in [5.41, 5.74) is -0.00866. The summed E-state index contributed by atoms with van der Waals surface area (Å²) < 4.78 is 7.95. The maximum atomic E-state index is 12.9. The van der Waals surface area contributed by atoms with Crippen LogP contribution in [0, 0.1) is 0 Å². The summed E-state index contributed by atoms with van der Waals surface area (Å²) in [5.74, 6) is -1.79. The van der Waals surface area contributed by atoms with E-state index in [4.69, 9.17) is 4.74 Å². The number of carboxylic acids is 1. The number of aromatic nitrogens is 2. The van der Waals surface area contributed by atoms with E-state index in [0.717, 1.165) is 10.0 Å². The minimum atomic E-state index is -1.30. The number of carbonyl (C=O) groups is 2. The number of carbonyl (C=O) groups excluding carboxylic acids is 1. The van der Waals surface area contributed by atoms with E-state index in [1.165, 1.54) is 15.9 Å². The molecule has 0 saturated carbocycles. The van der Waals surface area contributed by atoms with Gasteiger partial charge in [0.2, 0.25) is 0 Å². The van der Waals surface area contributed by atoms with Gasteiger partial charge in [-0.15, -0.1) is 11.3 Å². The number of aryl methyl sites for hydroxylation is 2. The molecule has 0 aliphatic rings. The number of ether oxygens (including phenoxy) is 1. The van der Waals surface area contributed by atoms with Gasteiger partial charge >= 0.3 is 17.6 Å². The van der Waals surface area contributed by atoms with E-state index in [1.54, 1.807) is 12.3 Å². The monoisotopic (exact) mass is 494 g/mol. The van der Waals surface area contributed by atoms with Crippen molar-refractivity contribution in [3.05, 3.63) is 66.1 Å². The summed E-state index contributed by atoms with van der Waals surface area (Å²) in [6.45, 7) is 1.39. The quantitative estimate of drug-likeness (QED) is 0.481. The third kappa shape index (κ3) is 4.54. The van der Waals surface area contributed by atoms with Crippen LogP contribution in [-0.2, 0) is 40.3 Å². The van der Waals surface area contributed by atoms with Gasteiger partial charge in [-0.3, -0.25) is 19.0 Å². The van der Waals surface area contributed by atoms with Crippen LogP contribution in [0.3, 0.4) is 0 Å². The van der Waals surface area contributed by atoms with Crippen LogP contribution in [0.25, 0.3) is 10.2 Å². The zero-order chi connectivity index (χ0) is 21.8. The van der Waals surface area contributed by atoms with Crippen molar-refractivity contribution in [3.8, 4) is 0 Å². The fourth-order valence-electron chi connectivity index (χ4n) is 3.17. The van der Waals surface area contributed by atoms with Gasteiger partial charge in [-0.1, -0.05) is 34.1 Å². The second-order valence-electron chi connectivity index (χ2n) is 6.48. The van der Waals surface area contributed by atoms with Crippen molar-refractivity contribution < 1.29 is 19.4 Å². The number of halogens is 1. The first kappa shape index (κ1) is 22.0. The molecular weight excluding hydrogens is 476 g/mol. The van der Waals surface area contributed by atoms with Crippen LogP contribution in [0.15, 0.2) is 43.7 Å². The molecule has 10 heteroatoms. The number of benzene rings is 1. The molecule has 0 atom stereocenters. The average molecular weight is 495 g/mol. The Bertz CT molecular complexity index is 1230. The molecule has 0 saturated heterocycles. The summed E-state index contributed by atoms with van der Waals surface area (Å²) in [5, 5.41) is 11.0. The number of hydrogen-bond donors (Lipinski definition) is 1. The van der Waals surface area contributed by atoms with Crippen molar-refractivity contribution in [2.24, 2.45) is 0 Å². The average Bonchev–Trinajstić information content (AvgIpc) is 3.09. The van der Waals surface area contributed by atoms with Crippen LogP contribution in [-0.4, -0.2) is 32.8 Å². The minimum absolute atomic E-state index is 0.126. The van der Waals surface area contributed by atoms with Crippen LogP contribution in [0.1, 0.15) is 18.1 Å². The predicted octanol–water partition coefficient (Wildman–Crippen LogP) is 2.42. The maximum absolute atomic E-state index is 12.9. The Morgan fingerprint density at radius 3 is 2.57 bits per heavy atom. The second kappa shape index (κ2) is 9.40. The molecule has 8 nitrogen and oxygen atoms in total. The fourth-order valence-corrected chi connectivity index (χ4v) is 4.74. The second-order valence-corrected chi connectivity index (χ2v) is 8.20. The molecule has 158 valence electrons. The van der Waals surface area contributed by atoms with Gasteiger partial charge in [0, 0.05) is 11.0 Å². The maximum Gasteiger partial charge on any atom is 0.332 e. The van der Waals surface area contributed by atoms with Gasteiger partial charge in [0.05, 0.1) is 18.4 Å². The lowest BCUT2D eigenvalue weighted by atomic mass is 10.1. The van der Waals surface area contributed by atoms with Crippen LogP contribution in [0.2, 0.25) is 0 Å². The van der Waals surface area contributed by atoms with E-state index in [1.807, 2.05) is 24.3 Å². The summed E-state index contributed by atoms with van der Waals surface area (Å²) in [6.07, 6.45) is 0.366. The third-order valence-corrected chi connectivity index (χ3v) is 6.33. The normalized spacial score (nSPS) is 11.0. The van der Waals surface area contributed by atoms with E-state index in [9.17, 15) is 24.3 Å². The highest BCUT2D eigenvalue weighted by Gasteiger charge is 2.21. The number of fused-ring (bicyclic) bond motifs is 1. The van der Waals surface area contributed by atoms with Crippen LogP contribution >= 0.6 is 27.3 Å². The van der Waals surface area contributed by atoms with Crippen molar-refractivity contribution >= 4 is 49.4 Å². The molecule has 0 aliphatic carbocycles. The molecule has 0 unspecified atom stereocenters. The van der Waals surface area contributed by atoms with Gasteiger partial charge in [0.1, 0.15) is 11.4 Å². The van der Waals surface area contributed by atoms with E-state index in [0.29, 0.717) is 21.4 Å². The first-order valence-electron chi connectivity index (χ1n) is 9.18. The highest BCUT2D eigenvalue weighted by atomic mass is 79.9. The first-order valence-corrected chi connectivity index (χ1v) is 10.8. The third-order valence-electron chi connectivity index (χ3n) is 4.51. The number of esters is 1. The Balaban J connectivity index is 2.12. The highest BCUT2D eigenvalue weighted by Crippen LogP contribution is 2.24. The highest BCUT2D eigenvalue weighted by molar-refractivity contribution is 9.10. The van der Waals surface area contributed by atoms with Gasteiger partial charge < -0.3 is 9.84 Å². The Morgan fingerprint density at radius 2 is 1.90 bits per heavy atom. The van der Waals surface area contributed by atoms with Crippen molar-refractivity contribution in [1.82, 2.24) is 9.13 Å². The van der Waals surface area contributed by atoms with Crippen molar-refractivity contribution in [2.45, 2.75) is 32.9 Å². The van der Waals surface area contributed by atoms with Crippen LogP contribution in [0.4, 0.5) is 0 Å². The molecule has 0 bridgehead atoms. The van der Waals surface area contributed by atoms with E-state index < -0.39 is 29.7 Å². The van der Waals surface area contributed by atoms with E-state index in [-0.39, 0.29) is 25.0 Å². The van der Waals surface area contributed by atoms with Crippen molar-refractivity contribution in [3.63, 3.8) is 0 Å². The van der Waals surface area contributed by atoms with Gasteiger partial charge in [-0.2, -0.15) is 0 Å². The molecule has 2 aromatic heterocycles. The molecule has 0 aliphatic heterocycles. The number of thiophene rings is 1. The number of hydrogen-bond acceptors (Lipinski definition) is 6. The molecular formula is C20H19BrN2O6S. The van der Waals surface area contributed by atoms with Gasteiger partial charge in [-0.05, 0) is 35.9 Å². The summed E-state index contributed by atoms with van der Waals surface area (Å²) >= 11 is 4.65. The van der Waals surface area contributed by atoms with E-state index in [2.05, 4.69) is 15.9 Å². The molecule has 0 spiro atoms. The molecule has 1 aromatic carbocycles. The van der Waals surface area contributed by atoms with E-state index >= 15 is 0 Å². The van der Waals surface area contributed by atoms with Crippen molar-refractivity contribution in [1.29, 1.82) is 0 Å². The molecule has 3 rings (SSSR count). The van der Waals surface area contributed by atoms with Gasteiger partial charge in [-0.25, -0.2) is 9.36 Å². The Kier molecular flexibility index (Phi) is 6.88. The zero-order valence-corrected chi connectivity index (χ0v) is 18.5. The lowest BCUT2D eigenvalue weighted by Crippen LogP contribution is -2.41. The minimum Gasteiger partial charge on any atom is -0.480 e. The topological polar surface area (TPSA) is 108 Å². The molecule has 1 N–H and O–H groups in total. The van der Waals surface area contributed by atoms with Gasteiger partial charge in [0.15, 0.2) is 0 Å². The lowest BCUT2D eigenvalue weighted by molar-refractivity contribution is -0.142. The van der Waals surface area contributed by atoms with Crippen LogP contribution in [0.5, 0.6) is 0 Å². The molecule has 3 aromatic rings. The van der Waals surface area contributed by atoms with Crippen molar-refractivity contribution in [2.75, 3.05) is 6.61 Å². The summed E-state index contributed by atoms with van der Waals surface area (Å²) in [6, 6.07) is 7.57. The molecule has 30 heavy (non-hydrogen) atoms. The number of rotatable bonds is 8. The summed E-state index contributed by atoms with van der Waals surface area (Å²) in [7, 11) is 0. The Hall–Kier alpha value is -2.72. The standard InChI is InChI=1S/C20H19BrN2O6S/c1-2-29-16(26)9-13-11-30-19-17(13)18(27)23(10-15(24)25)20(28)22(19)8-7-12-5-3-4-6-14(12)21/h3-6,11H,2,7-10H2,1H3,(H,24,25). The Morgan fingerprint density at radius 1 is 1.17 bits per heavy atom. The predicted molar refractivity (Wildman–Crippen MR) is 116 cm³/mol. The zero-order valence-electron chi connectivity index (χ0n) is 16.1.